The van der Waals surface area contributed by atoms with Crippen LogP contribution >= 0.6 is 0 Å². The Kier molecular flexibility index (Phi) is 6.26. The Morgan fingerprint density at radius 1 is 1.22 bits per heavy atom. The number of hydrogen-bond acceptors (Lipinski definition) is 3. The van der Waals surface area contributed by atoms with Crippen LogP contribution in [0.15, 0.2) is 18.2 Å². The SMILES string of the molecule is CCCCCCOc1ccc(C(=O)OC)cc1C. The number of benzene rings is 1. The number of ether oxygens (including phenoxy) is 2. The number of unbranched alkanes of at least 4 members (excludes halogenated alkanes) is 3. The molecule has 0 aromatic heterocycles. The number of aryl methyl sites for hydroxylation is 1. The van der Waals surface area contributed by atoms with Crippen molar-refractivity contribution < 1.29 is 14.3 Å². The van der Waals surface area contributed by atoms with Gasteiger partial charge in [0, 0.05) is 0 Å². The third-order valence-electron chi connectivity index (χ3n) is 2.85. The van der Waals surface area contributed by atoms with Crippen LogP contribution in [-0.2, 0) is 4.74 Å². The second-order valence-corrected chi connectivity index (χ2v) is 4.38. The van der Waals surface area contributed by atoms with Gasteiger partial charge in [-0.3, -0.25) is 0 Å². The molecule has 3 nitrogen and oxygen atoms in total. The summed E-state index contributed by atoms with van der Waals surface area (Å²) in [5.74, 6) is 0.534. The molecule has 0 saturated heterocycles. The van der Waals surface area contributed by atoms with Crippen LogP contribution < -0.4 is 4.74 Å². The van der Waals surface area contributed by atoms with Gasteiger partial charge in [-0.15, -0.1) is 0 Å². The molecule has 0 radical (unpaired) electrons. The van der Waals surface area contributed by atoms with E-state index in [1.54, 1.807) is 12.1 Å². The predicted octanol–water partition coefficient (Wildman–Crippen LogP) is 3.74. The quantitative estimate of drug-likeness (QED) is 0.546. The van der Waals surface area contributed by atoms with E-state index in [9.17, 15) is 4.79 Å². The van der Waals surface area contributed by atoms with Crippen molar-refractivity contribution in [1.29, 1.82) is 0 Å². The molecule has 0 unspecified atom stereocenters. The maximum atomic E-state index is 11.3. The van der Waals surface area contributed by atoms with Gasteiger partial charge in [-0.25, -0.2) is 4.79 Å². The molecular weight excluding hydrogens is 228 g/mol. The zero-order chi connectivity index (χ0) is 13.4. The number of rotatable bonds is 7. The number of hydrogen-bond donors (Lipinski definition) is 0. The second kappa shape index (κ2) is 7.75. The molecule has 0 aliphatic rings. The summed E-state index contributed by atoms with van der Waals surface area (Å²) in [5, 5.41) is 0. The Labute approximate surface area is 109 Å². The smallest absolute Gasteiger partial charge is 0.337 e. The van der Waals surface area contributed by atoms with Gasteiger partial charge in [0.25, 0.3) is 0 Å². The van der Waals surface area contributed by atoms with Crippen LogP contribution in [-0.4, -0.2) is 19.7 Å². The Morgan fingerprint density at radius 2 is 2.00 bits per heavy atom. The third-order valence-corrected chi connectivity index (χ3v) is 2.85. The highest BCUT2D eigenvalue weighted by Gasteiger charge is 2.07. The van der Waals surface area contributed by atoms with Crippen molar-refractivity contribution in [2.24, 2.45) is 0 Å². The van der Waals surface area contributed by atoms with Gasteiger partial charge < -0.3 is 9.47 Å². The molecule has 0 spiro atoms. The van der Waals surface area contributed by atoms with Crippen LogP contribution in [0.25, 0.3) is 0 Å². The first kappa shape index (κ1) is 14.6. The standard InChI is InChI=1S/C15H22O3/c1-4-5-6-7-10-18-14-9-8-13(11-12(14)2)15(16)17-3/h8-9,11H,4-7,10H2,1-3H3. The lowest BCUT2D eigenvalue weighted by molar-refractivity contribution is 0.0600. The zero-order valence-electron chi connectivity index (χ0n) is 11.5. The Bertz CT molecular complexity index is 385. The molecule has 0 heterocycles. The van der Waals surface area contributed by atoms with E-state index in [0.29, 0.717) is 5.56 Å². The number of methoxy groups -OCH3 is 1. The lowest BCUT2D eigenvalue weighted by Gasteiger charge is -2.10. The van der Waals surface area contributed by atoms with E-state index < -0.39 is 0 Å². The molecular formula is C15H22O3. The normalized spacial score (nSPS) is 10.2. The zero-order valence-corrected chi connectivity index (χ0v) is 11.5. The summed E-state index contributed by atoms with van der Waals surface area (Å²) in [4.78, 5) is 11.3. The van der Waals surface area contributed by atoms with Crippen LogP contribution in [0.1, 0.15) is 48.5 Å². The summed E-state index contributed by atoms with van der Waals surface area (Å²) in [7, 11) is 1.38. The molecule has 3 heteroatoms. The van der Waals surface area contributed by atoms with Crippen LogP contribution in [0, 0.1) is 6.92 Å². The van der Waals surface area contributed by atoms with Gasteiger partial charge in [0.1, 0.15) is 5.75 Å². The van der Waals surface area contributed by atoms with Gasteiger partial charge in [0.2, 0.25) is 0 Å². The fraction of sp³-hybridized carbons (Fsp3) is 0.533. The van der Waals surface area contributed by atoms with E-state index >= 15 is 0 Å². The minimum atomic E-state index is -0.312. The lowest BCUT2D eigenvalue weighted by Crippen LogP contribution is -2.03. The molecule has 0 aliphatic carbocycles. The summed E-state index contributed by atoms with van der Waals surface area (Å²) in [5.41, 5.74) is 1.53. The minimum Gasteiger partial charge on any atom is -0.493 e. The minimum absolute atomic E-state index is 0.312. The highest BCUT2D eigenvalue weighted by molar-refractivity contribution is 5.89. The molecule has 1 aromatic rings. The molecule has 0 aliphatic heterocycles. The lowest BCUT2D eigenvalue weighted by atomic mass is 10.1. The van der Waals surface area contributed by atoms with E-state index in [1.165, 1.54) is 26.4 Å². The number of esters is 1. The summed E-state index contributed by atoms with van der Waals surface area (Å²) in [6.07, 6.45) is 4.76. The molecule has 0 N–H and O–H groups in total. The van der Waals surface area contributed by atoms with Crippen LogP contribution in [0.3, 0.4) is 0 Å². The van der Waals surface area contributed by atoms with Crippen molar-refractivity contribution in [2.75, 3.05) is 13.7 Å². The molecule has 0 atom stereocenters. The average molecular weight is 250 g/mol. The second-order valence-electron chi connectivity index (χ2n) is 4.38. The topological polar surface area (TPSA) is 35.5 Å². The largest absolute Gasteiger partial charge is 0.493 e. The maximum absolute atomic E-state index is 11.3. The Morgan fingerprint density at radius 3 is 2.61 bits per heavy atom. The number of carbonyl (C=O) groups excluding carboxylic acids is 1. The average Bonchev–Trinajstić information content (AvgIpc) is 2.39. The highest BCUT2D eigenvalue weighted by atomic mass is 16.5. The molecule has 1 rings (SSSR count). The first-order valence-corrected chi connectivity index (χ1v) is 6.50. The van der Waals surface area contributed by atoms with Crippen LogP contribution in [0.5, 0.6) is 5.75 Å². The summed E-state index contributed by atoms with van der Waals surface area (Å²) in [6.45, 7) is 4.86. The molecule has 18 heavy (non-hydrogen) atoms. The molecule has 0 bridgehead atoms. The Balaban J connectivity index is 2.49. The van der Waals surface area contributed by atoms with Gasteiger partial charge in [0.05, 0.1) is 19.3 Å². The van der Waals surface area contributed by atoms with Gasteiger partial charge in [-0.2, -0.15) is 0 Å². The monoisotopic (exact) mass is 250 g/mol. The van der Waals surface area contributed by atoms with E-state index in [4.69, 9.17) is 4.74 Å². The fourth-order valence-electron chi connectivity index (χ4n) is 1.77. The highest BCUT2D eigenvalue weighted by Crippen LogP contribution is 2.20. The van der Waals surface area contributed by atoms with Gasteiger partial charge >= 0.3 is 5.97 Å². The van der Waals surface area contributed by atoms with E-state index in [-0.39, 0.29) is 5.97 Å². The predicted molar refractivity (Wildman–Crippen MR) is 72.2 cm³/mol. The van der Waals surface area contributed by atoms with Crippen molar-refractivity contribution >= 4 is 5.97 Å². The summed E-state index contributed by atoms with van der Waals surface area (Å²) >= 11 is 0. The van der Waals surface area contributed by atoms with Gasteiger partial charge in [-0.05, 0) is 37.1 Å². The Hall–Kier alpha value is -1.51. The van der Waals surface area contributed by atoms with E-state index in [1.807, 2.05) is 13.0 Å². The van der Waals surface area contributed by atoms with Crippen molar-refractivity contribution in [1.82, 2.24) is 0 Å². The molecule has 0 fully saturated rings. The molecule has 0 amide bonds. The van der Waals surface area contributed by atoms with Crippen molar-refractivity contribution in [3.8, 4) is 5.75 Å². The first-order valence-electron chi connectivity index (χ1n) is 6.50. The van der Waals surface area contributed by atoms with Crippen LogP contribution in [0.2, 0.25) is 0 Å². The molecule has 100 valence electrons. The van der Waals surface area contributed by atoms with Gasteiger partial charge in [0.15, 0.2) is 0 Å². The summed E-state index contributed by atoms with van der Waals surface area (Å²) in [6, 6.07) is 5.37. The molecule has 0 saturated carbocycles. The number of carbonyl (C=O) groups is 1. The van der Waals surface area contributed by atoms with Crippen molar-refractivity contribution in [3.63, 3.8) is 0 Å². The van der Waals surface area contributed by atoms with Gasteiger partial charge in [-0.1, -0.05) is 26.2 Å². The van der Waals surface area contributed by atoms with E-state index in [2.05, 4.69) is 11.7 Å². The molecule has 1 aromatic carbocycles. The van der Waals surface area contributed by atoms with E-state index in [0.717, 1.165) is 24.3 Å². The third kappa shape index (κ3) is 4.40. The van der Waals surface area contributed by atoms with Crippen LogP contribution in [0.4, 0.5) is 0 Å². The first-order chi connectivity index (χ1) is 8.69. The maximum Gasteiger partial charge on any atom is 0.337 e. The van der Waals surface area contributed by atoms with Crippen molar-refractivity contribution in [2.45, 2.75) is 39.5 Å². The van der Waals surface area contributed by atoms with Crippen molar-refractivity contribution in [3.05, 3.63) is 29.3 Å². The summed E-state index contributed by atoms with van der Waals surface area (Å²) < 4.78 is 10.4. The fourth-order valence-corrected chi connectivity index (χ4v) is 1.77.